The monoisotopic (exact) mass is 427 g/mol. The summed E-state index contributed by atoms with van der Waals surface area (Å²) in [6, 6.07) is 14.6. The topological polar surface area (TPSA) is 51.3 Å². The summed E-state index contributed by atoms with van der Waals surface area (Å²) < 4.78 is 5.89. The van der Waals surface area contributed by atoms with Crippen LogP contribution in [0.15, 0.2) is 48.7 Å². The number of hydrogen-bond donors (Lipinski definition) is 2. The first-order valence-electron chi connectivity index (χ1n) is 11.6. The highest BCUT2D eigenvalue weighted by Crippen LogP contribution is 2.36. The van der Waals surface area contributed by atoms with Gasteiger partial charge in [-0.25, -0.2) is 4.98 Å². The van der Waals surface area contributed by atoms with Crippen LogP contribution in [-0.4, -0.2) is 50.5 Å². The predicted octanol–water partition coefficient (Wildman–Crippen LogP) is 2.36. The first-order valence-corrected chi connectivity index (χ1v) is 11.6. The minimum atomic E-state index is -0.457. The van der Waals surface area contributed by atoms with Crippen LogP contribution in [0.3, 0.4) is 0 Å². The van der Waals surface area contributed by atoms with Crippen LogP contribution < -0.4 is 19.5 Å². The van der Waals surface area contributed by atoms with Gasteiger partial charge in [0.05, 0.1) is 6.20 Å². The number of aromatic nitrogens is 1. The molecular weight excluding hydrogens is 386 g/mol. The molecule has 2 heterocycles. The van der Waals surface area contributed by atoms with Crippen LogP contribution in [-0.2, 0) is 5.41 Å². The standard InChI is InChI=1S/C26H39N3O2/c1-25(2,3)20-26(4,5)21-9-11-23(12-10-21)31-19-22(30)18-28-14-16-29(17-15-28)24-8-6-7-13-27-24/h6-13,22,30H,14-20H2,1-5H3/p+2/t22-/m0/s1. The summed E-state index contributed by atoms with van der Waals surface area (Å²) in [5, 5.41) is 10.5. The fourth-order valence-corrected chi connectivity index (χ4v) is 4.86. The summed E-state index contributed by atoms with van der Waals surface area (Å²) in [6.45, 7) is 16.6. The maximum atomic E-state index is 10.5. The molecule has 5 heteroatoms. The van der Waals surface area contributed by atoms with E-state index >= 15 is 0 Å². The molecule has 1 aromatic heterocycles. The number of H-pyrrole nitrogens is 1. The van der Waals surface area contributed by atoms with Gasteiger partial charge in [0.2, 0.25) is 0 Å². The zero-order chi connectivity index (χ0) is 22.5. The number of aliphatic hydroxyl groups is 1. The third kappa shape index (κ3) is 7.22. The molecule has 0 bridgehead atoms. The van der Waals surface area contributed by atoms with Crippen LogP contribution in [0.1, 0.15) is 46.6 Å². The molecule has 0 unspecified atom stereocenters. The summed E-state index contributed by atoms with van der Waals surface area (Å²) in [4.78, 5) is 7.11. The summed E-state index contributed by atoms with van der Waals surface area (Å²) in [5.74, 6) is 1.99. The number of piperazine rings is 1. The number of pyridine rings is 1. The second-order valence-corrected chi connectivity index (χ2v) is 10.8. The molecule has 1 atom stereocenters. The van der Waals surface area contributed by atoms with Gasteiger partial charge in [0.15, 0.2) is 0 Å². The molecule has 1 aromatic carbocycles. The molecule has 0 radical (unpaired) electrons. The fraction of sp³-hybridized carbons (Fsp3) is 0.577. The predicted molar refractivity (Wildman–Crippen MR) is 126 cm³/mol. The van der Waals surface area contributed by atoms with Crippen LogP contribution in [0.2, 0.25) is 0 Å². The molecule has 3 N–H and O–H groups in total. The molecule has 5 nitrogen and oxygen atoms in total. The zero-order valence-corrected chi connectivity index (χ0v) is 19.9. The smallest absolute Gasteiger partial charge is 0.274 e. The van der Waals surface area contributed by atoms with Crippen molar-refractivity contribution in [3.63, 3.8) is 0 Å². The van der Waals surface area contributed by atoms with Crippen LogP contribution in [0.25, 0.3) is 0 Å². The van der Waals surface area contributed by atoms with Gasteiger partial charge in [0, 0.05) is 6.07 Å². The fourth-order valence-electron chi connectivity index (χ4n) is 4.86. The highest BCUT2D eigenvalue weighted by Gasteiger charge is 2.28. The number of hydrogen-bond acceptors (Lipinski definition) is 3. The van der Waals surface area contributed by atoms with E-state index in [1.807, 2.05) is 24.4 Å². The molecular formula is C26H41N3O2+2. The Morgan fingerprint density at radius 3 is 2.29 bits per heavy atom. The maximum Gasteiger partial charge on any atom is 0.274 e. The van der Waals surface area contributed by atoms with Crippen LogP contribution in [0.4, 0.5) is 5.82 Å². The molecule has 1 fully saturated rings. The molecule has 1 saturated heterocycles. The van der Waals surface area contributed by atoms with Gasteiger partial charge in [-0.1, -0.05) is 52.8 Å². The van der Waals surface area contributed by atoms with Crippen molar-refractivity contribution >= 4 is 5.82 Å². The minimum Gasteiger partial charge on any atom is -0.491 e. The first-order chi connectivity index (χ1) is 14.6. The number of nitrogens with zero attached hydrogens (tertiary/aromatic N) is 1. The van der Waals surface area contributed by atoms with Gasteiger partial charge in [0.25, 0.3) is 5.82 Å². The van der Waals surface area contributed by atoms with Gasteiger partial charge < -0.3 is 14.7 Å². The van der Waals surface area contributed by atoms with Crippen molar-refractivity contribution in [1.82, 2.24) is 0 Å². The molecule has 1 aliphatic rings. The van der Waals surface area contributed by atoms with Gasteiger partial charge in [-0.05, 0) is 41.0 Å². The lowest BCUT2D eigenvalue weighted by Gasteiger charge is -2.33. The van der Waals surface area contributed by atoms with Crippen molar-refractivity contribution in [2.24, 2.45) is 5.41 Å². The number of quaternary nitrogens is 1. The number of anilines is 1. The molecule has 0 saturated carbocycles. The number of aliphatic hydroxyl groups excluding tert-OH is 1. The highest BCUT2D eigenvalue weighted by atomic mass is 16.5. The lowest BCUT2D eigenvalue weighted by Crippen LogP contribution is -3.16. The van der Waals surface area contributed by atoms with Crippen LogP contribution in [0.5, 0.6) is 5.75 Å². The Labute approximate surface area is 188 Å². The Morgan fingerprint density at radius 2 is 1.71 bits per heavy atom. The van der Waals surface area contributed by atoms with E-state index in [2.05, 4.69) is 68.8 Å². The van der Waals surface area contributed by atoms with E-state index in [1.165, 1.54) is 16.3 Å². The van der Waals surface area contributed by atoms with E-state index in [4.69, 9.17) is 4.74 Å². The molecule has 2 aromatic rings. The van der Waals surface area contributed by atoms with Crippen molar-refractivity contribution in [2.75, 3.05) is 44.2 Å². The zero-order valence-electron chi connectivity index (χ0n) is 19.9. The molecule has 170 valence electrons. The molecule has 3 rings (SSSR count). The van der Waals surface area contributed by atoms with E-state index in [1.54, 1.807) is 0 Å². The third-order valence-electron chi connectivity index (χ3n) is 6.08. The molecule has 0 amide bonds. The van der Waals surface area contributed by atoms with Gasteiger partial charge in [-0.2, -0.15) is 0 Å². The second-order valence-electron chi connectivity index (χ2n) is 10.8. The van der Waals surface area contributed by atoms with E-state index in [-0.39, 0.29) is 10.8 Å². The number of rotatable bonds is 8. The first kappa shape index (κ1) is 23.6. The number of ether oxygens (including phenoxy) is 1. The van der Waals surface area contributed by atoms with E-state index in [0.717, 1.165) is 44.9 Å². The number of benzene rings is 1. The summed E-state index contributed by atoms with van der Waals surface area (Å²) >= 11 is 0. The largest absolute Gasteiger partial charge is 0.491 e. The average Bonchev–Trinajstić information content (AvgIpc) is 2.72. The third-order valence-corrected chi connectivity index (χ3v) is 6.08. The van der Waals surface area contributed by atoms with E-state index in [9.17, 15) is 5.11 Å². The van der Waals surface area contributed by atoms with Crippen LogP contribution in [0, 0.1) is 5.41 Å². The minimum absolute atomic E-state index is 0.124. The van der Waals surface area contributed by atoms with Gasteiger partial charge in [0.1, 0.15) is 51.2 Å². The van der Waals surface area contributed by atoms with Gasteiger partial charge >= 0.3 is 0 Å². The normalized spacial score (nSPS) is 16.9. The molecule has 0 aliphatic carbocycles. The lowest BCUT2D eigenvalue weighted by molar-refractivity contribution is -0.903. The van der Waals surface area contributed by atoms with Crippen LogP contribution >= 0.6 is 0 Å². The molecule has 0 spiro atoms. The van der Waals surface area contributed by atoms with Crippen molar-refractivity contribution in [2.45, 2.75) is 52.6 Å². The quantitative estimate of drug-likeness (QED) is 0.680. The van der Waals surface area contributed by atoms with Crippen molar-refractivity contribution < 1.29 is 19.7 Å². The second kappa shape index (κ2) is 10.0. The molecule has 31 heavy (non-hydrogen) atoms. The highest BCUT2D eigenvalue weighted by molar-refractivity contribution is 5.32. The van der Waals surface area contributed by atoms with Gasteiger partial charge in [-0.3, -0.25) is 4.90 Å². The summed E-state index contributed by atoms with van der Waals surface area (Å²) in [6.07, 6.45) is 2.63. The Kier molecular flexibility index (Phi) is 7.60. The maximum absolute atomic E-state index is 10.5. The number of aromatic amines is 1. The number of nitrogens with one attached hydrogen (secondary N) is 2. The van der Waals surface area contributed by atoms with Crippen molar-refractivity contribution in [1.29, 1.82) is 0 Å². The Balaban J connectivity index is 1.42. The molecule has 1 aliphatic heterocycles. The van der Waals surface area contributed by atoms with E-state index < -0.39 is 6.10 Å². The lowest BCUT2D eigenvalue weighted by atomic mass is 9.72. The average molecular weight is 428 g/mol. The SMILES string of the molecule is CC(C)(C)CC(C)(C)c1ccc(OC[C@@H](O)C[NH+]2CCN(c3cccc[nH+]3)CC2)cc1. The Bertz CT molecular complexity index is 792. The van der Waals surface area contributed by atoms with Gasteiger partial charge in [-0.15, -0.1) is 0 Å². The Morgan fingerprint density at radius 1 is 1.03 bits per heavy atom. The Hall–Kier alpha value is -2.11. The summed E-state index contributed by atoms with van der Waals surface area (Å²) in [5.41, 5.74) is 1.74. The van der Waals surface area contributed by atoms with E-state index in [0.29, 0.717) is 6.61 Å². The summed E-state index contributed by atoms with van der Waals surface area (Å²) in [7, 11) is 0. The van der Waals surface area contributed by atoms with Crippen molar-refractivity contribution in [3.05, 3.63) is 54.2 Å². The van der Waals surface area contributed by atoms with Crippen molar-refractivity contribution in [3.8, 4) is 5.75 Å².